The van der Waals surface area contributed by atoms with Gasteiger partial charge in [-0.3, -0.25) is 0 Å². The van der Waals surface area contributed by atoms with Crippen LogP contribution >= 0.6 is 11.8 Å². The van der Waals surface area contributed by atoms with Crippen molar-refractivity contribution in [2.75, 3.05) is 18.1 Å². The summed E-state index contributed by atoms with van der Waals surface area (Å²) in [4.78, 5) is 1.06. The van der Waals surface area contributed by atoms with Gasteiger partial charge in [0.05, 0.1) is 11.3 Å². The van der Waals surface area contributed by atoms with E-state index in [0.717, 1.165) is 34.5 Å². The van der Waals surface area contributed by atoms with Gasteiger partial charge in [-0.2, -0.15) is 5.26 Å². The molecule has 0 bridgehead atoms. The van der Waals surface area contributed by atoms with Crippen LogP contribution in [-0.2, 0) is 0 Å². The molecule has 108 valence electrons. The minimum absolute atomic E-state index is 0.789. The van der Waals surface area contributed by atoms with Gasteiger partial charge in [-0.15, -0.1) is 11.8 Å². The highest BCUT2D eigenvalue weighted by atomic mass is 32.2. The van der Waals surface area contributed by atoms with Crippen molar-refractivity contribution < 1.29 is 0 Å². The third-order valence-electron chi connectivity index (χ3n) is 4.36. The lowest BCUT2D eigenvalue weighted by Gasteiger charge is -2.26. The Balaban J connectivity index is 1.87. The summed E-state index contributed by atoms with van der Waals surface area (Å²) in [7, 11) is 0. The van der Waals surface area contributed by atoms with E-state index in [0.29, 0.717) is 0 Å². The van der Waals surface area contributed by atoms with Gasteiger partial charge in [-0.05, 0) is 36.6 Å². The lowest BCUT2D eigenvalue weighted by molar-refractivity contribution is 0.282. The molecule has 0 amide bonds. The Bertz CT molecular complexity index is 470. The second-order valence-electron chi connectivity index (χ2n) is 5.84. The van der Waals surface area contributed by atoms with Crippen LogP contribution in [0.4, 0.5) is 5.69 Å². The average Bonchev–Trinajstić information content (AvgIpc) is 2.49. The number of nitrogens with one attached hydrogen (secondary N) is 1. The maximum Gasteiger partial charge on any atom is 0.102 e. The van der Waals surface area contributed by atoms with Crippen LogP contribution < -0.4 is 5.32 Å². The molecule has 1 N–H and O–H groups in total. The van der Waals surface area contributed by atoms with E-state index >= 15 is 0 Å². The zero-order valence-corrected chi connectivity index (χ0v) is 13.3. The lowest BCUT2D eigenvalue weighted by atomic mass is 9.81. The smallest absolute Gasteiger partial charge is 0.102 e. The number of benzene rings is 1. The standard InChI is InChI=1S/C17H24N2S/c1-13-6-8-14(9-7-13)10-11-19-16-4-3-5-17(20-2)15(16)12-18/h3-5,13-14,19H,6-11H2,1-2H3. The van der Waals surface area contributed by atoms with E-state index in [9.17, 15) is 5.26 Å². The van der Waals surface area contributed by atoms with Crippen LogP contribution in [-0.4, -0.2) is 12.8 Å². The van der Waals surface area contributed by atoms with Gasteiger partial charge < -0.3 is 5.32 Å². The van der Waals surface area contributed by atoms with Crippen molar-refractivity contribution in [2.24, 2.45) is 11.8 Å². The number of rotatable bonds is 5. The van der Waals surface area contributed by atoms with Crippen LogP contribution in [0.15, 0.2) is 23.1 Å². The Hall–Kier alpha value is -1.14. The summed E-state index contributed by atoms with van der Waals surface area (Å²) < 4.78 is 0. The van der Waals surface area contributed by atoms with E-state index in [1.807, 2.05) is 24.5 Å². The highest BCUT2D eigenvalue weighted by molar-refractivity contribution is 7.98. The zero-order chi connectivity index (χ0) is 14.4. The first-order valence-electron chi connectivity index (χ1n) is 7.55. The summed E-state index contributed by atoms with van der Waals surface area (Å²) in [6.07, 6.45) is 8.76. The van der Waals surface area contributed by atoms with Crippen LogP contribution in [0.3, 0.4) is 0 Å². The van der Waals surface area contributed by atoms with E-state index in [-0.39, 0.29) is 0 Å². The van der Waals surface area contributed by atoms with Crippen molar-refractivity contribution in [1.29, 1.82) is 5.26 Å². The number of anilines is 1. The molecule has 0 aromatic heterocycles. The maximum absolute atomic E-state index is 9.30. The molecular formula is C17H24N2S. The summed E-state index contributed by atoms with van der Waals surface area (Å²) in [5.41, 5.74) is 1.78. The van der Waals surface area contributed by atoms with Gasteiger partial charge in [0.25, 0.3) is 0 Å². The third kappa shape index (κ3) is 3.93. The zero-order valence-electron chi connectivity index (χ0n) is 12.5. The third-order valence-corrected chi connectivity index (χ3v) is 5.14. The Kier molecular flexibility index (Phi) is 5.79. The Labute approximate surface area is 127 Å². The first-order chi connectivity index (χ1) is 9.74. The number of hydrogen-bond acceptors (Lipinski definition) is 3. The first kappa shape index (κ1) is 15.3. The molecule has 1 aromatic rings. The predicted octanol–water partition coefficient (Wildman–Crippen LogP) is 4.91. The molecule has 1 aliphatic rings. The molecule has 3 heteroatoms. The predicted molar refractivity (Wildman–Crippen MR) is 87.2 cm³/mol. The molecule has 0 radical (unpaired) electrons. The van der Waals surface area contributed by atoms with Gasteiger partial charge >= 0.3 is 0 Å². The van der Waals surface area contributed by atoms with Gasteiger partial charge in [-0.1, -0.05) is 38.7 Å². The minimum Gasteiger partial charge on any atom is -0.384 e. The fraction of sp³-hybridized carbons (Fsp3) is 0.588. The molecule has 1 fully saturated rings. The van der Waals surface area contributed by atoms with Crippen molar-refractivity contribution >= 4 is 17.4 Å². The summed E-state index contributed by atoms with van der Waals surface area (Å²) in [5, 5.41) is 12.8. The highest BCUT2D eigenvalue weighted by Crippen LogP contribution is 2.31. The quantitative estimate of drug-likeness (QED) is 0.782. The molecule has 2 rings (SSSR count). The molecule has 0 atom stereocenters. The molecule has 0 saturated heterocycles. The van der Waals surface area contributed by atoms with Crippen molar-refractivity contribution in [3.8, 4) is 6.07 Å². The summed E-state index contributed by atoms with van der Waals surface area (Å²) in [6.45, 7) is 3.34. The number of thioether (sulfide) groups is 1. The fourth-order valence-electron chi connectivity index (χ4n) is 2.99. The lowest BCUT2D eigenvalue weighted by Crippen LogP contribution is -2.16. The maximum atomic E-state index is 9.30. The molecule has 2 nitrogen and oxygen atoms in total. The largest absolute Gasteiger partial charge is 0.384 e. The Morgan fingerprint density at radius 1 is 1.30 bits per heavy atom. The van der Waals surface area contributed by atoms with Gasteiger partial charge in [0, 0.05) is 11.4 Å². The minimum atomic E-state index is 0.789. The number of nitrogens with zero attached hydrogens (tertiary/aromatic N) is 1. The Morgan fingerprint density at radius 2 is 2.05 bits per heavy atom. The molecule has 1 aliphatic carbocycles. The topological polar surface area (TPSA) is 35.8 Å². The SMILES string of the molecule is CSc1cccc(NCCC2CCC(C)CC2)c1C#N. The van der Waals surface area contributed by atoms with Gasteiger partial charge in [0.15, 0.2) is 0 Å². The molecule has 1 aromatic carbocycles. The van der Waals surface area contributed by atoms with Gasteiger partial charge in [0.1, 0.15) is 6.07 Å². The fourth-order valence-corrected chi connectivity index (χ4v) is 3.57. The van der Waals surface area contributed by atoms with Crippen LogP contribution in [0.25, 0.3) is 0 Å². The molecule has 0 spiro atoms. The van der Waals surface area contributed by atoms with Crippen LogP contribution in [0.1, 0.15) is 44.6 Å². The van der Waals surface area contributed by atoms with E-state index in [4.69, 9.17) is 0 Å². The van der Waals surface area contributed by atoms with E-state index in [2.05, 4.69) is 18.3 Å². The van der Waals surface area contributed by atoms with Crippen molar-refractivity contribution in [3.05, 3.63) is 23.8 Å². The second kappa shape index (κ2) is 7.59. The second-order valence-corrected chi connectivity index (χ2v) is 6.68. The summed E-state index contributed by atoms with van der Waals surface area (Å²) in [5.74, 6) is 1.79. The molecule has 1 saturated carbocycles. The monoisotopic (exact) mass is 288 g/mol. The average molecular weight is 288 g/mol. The van der Waals surface area contributed by atoms with Crippen molar-refractivity contribution in [1.82, 2.24) is 0 Å². The van der Waals surface area contributed by atoms with Crippen LogP contribution in [0.5, 0.6) is 0 Å². The summed E-state index contributed by atoms with van der Waals surface area (Å²) in [6, 6.07) is 8.38. The Morgan fingerprint density at radius 3 is 2.70 bits per heavy atom. The molecule has 20 heavy (non-hydrogen) atoms. The molecular weight excluding hydrogens is 264 g/mol. The summed E-state index contributed by atoms with van der Waals surface area (Å²) >= 11 is 1.63. The van der Waals surface area contributed by atoms with E-state index in [1.54, 1.807) is 11.8 Å². The van der Waals surface area contributed by atoms with Crippen molar-refractivity contribution in [3.63, 3.8) is 0 Å². The molecule has 0 heterocycles. The number of nitriles is 1. The normalized spacial score (nSPS) is 22.2. The van der Waals surface area contributed by atoms with Gasteiger partial charge in [0.2, 0.25) is 0 Å². The van der Waals surface area contributed by atoms with Crippen LogP contribution in [0, 0.1) is 23.2 Å². The van der Waals surface area contributed by atoms with Gasteiger partial charge in [-0.25, -0.2) is 0 Å². The highest BCUT2D eigenvalue weighted by Gasteiger charge is 2.17. The molecule has 0 aliphatic heterocycles. The van der Waals surface area contributed by atoms with Crippen LogP contribution in [0.2, 0.25) is 0 Å². The first-order valence-corrected chi connectivity index (χ1v) is 8.78. The van der Waals surface area contributed by atoms with E-state index in [1.165, 1.54) is 32.1 Å². The van der Waals surface area contributed by atoms with E-state index < -0.39 is 0 Å². The van der Waals surface area contributed by atoms with Crippen molar-refractivity contribution in [2.45, 2.75) is 43.9 Å². The molecule has 0 unspecified atom stereocenters. The number of hydrogen-bond donors (Lipinski definition) is 1.